The molecule has 3 nitrogen and oxygen atoms in total. The number of likely N-dealkylation sites (tertiary alicyclic amines) is 1. The Labute approximate surface area is 107 Å². The van der Waals surface area contributed by atoms with Gasteiger partial charge in [-0.2, -0.15) is 11.3 Å². The minimum Gasteiger partial charge on any atom is -0.379 e. The number of hydrogen-bond donors (Lipinski definition) is 0. The summed E-state index contributed by atoms with van der Waals surface area (Å²) >= 11 is 1.80. The highest BCUT2D eigenvalue weighted by atomic mass is 32.1. The molecule has 0 spiro atoms. The second-order valence-electron chi connectivity index (χ2n) is 4.96. The van der Waals surface area contributed by atoms with E-state index in [0.29, 0.717) is 0 Å². The van der Waals surface area contributed by atoms with Gasteiger partial charge in [0.2, 0.25) is 0 Å². The van der Waals surface area contributed by atoms with Crippen molar-refractivity contribution in [1.82, 2.24) is 9.80 Å². The van der Waals surface area contributed by atoms with E-state index in [1.54, 1.807) is 11.3 Å². The highest BCUT2D eigenvalue weighted by molar-refractivity contribution is 7.07. The van der Waals surface area contributed by atoms with Gasteiger partial charge in [-0.3, -0.25) is 9.80 Å². The van der Waals surface area contributed by atoms with Crippen molar-refractivity contribution in [3.8, 4) is 0 Å². The molecule has 94 valence electrons. The number of nitrogens with zero attached hydrogens (tertiary/aromatic N) is 2. The lowest BCUT2D eigenvalue weighted by Crippen LogP contribution is -2.44. The van der Waals surface area contributed by atoms with Crippen molar-refractivity contribution in [1.29, 1.82) is 0 Å². The predicted molar refractivity (Wildman–Crippen MR) is 70.4 cm³/mol. The van der Waals surface area contributed by atoms with Gasteiger partial charge in [-0.05, 0) is 28.8 Å². The molecule has 0 amide bonds. The third-order valence-corrected chi connectivity index (χ3v) is 4.53. The number of rotatable bonds is 3. The molecule has 1 unspecified atom stereocenters. The summed E-state index contributed by atoms with van der Waals surface area (Å²) in [4.78, 5) is 5.19. The van der Waals surface area contributed by atoms with E-state index in [1.807, 2.05) is 0 Å². The molecule has 3 rings (SSSR count). The van der Waals surface area contributed by atoms with Crippen molar-refractivity contribution >= 4 is 11.3 Å². The van der Waals surface area contributed by atoms with Crippen molar-refractivity contribution in [3.05, 3.63) is 22.4 Å². The highest BCUT2D eigenvalue weighted by Gasteiger charge is 2.28. The maximum atomic E-state index is 5.42. The normalized spacial score (nSPS) is 27.6. The van der Waals surface area contributed by atoms with Crippen LogP contribution in [0, 0.1) is 0 Å². The summed E-state index contributed by atoms with van der Waals surface area (Å²) in [6.07, 6.45) is 1.32. The molecule has 2 fully saturated rings. The number of morpholine rings is 1. The molecule has 0 radical (unpaired) electrons. The molecule has 0 bridgehead atoms. The minimum absolute atomic E-state index is 0.762. The molecule has 0 aromatic carbocycles. The van der Waals surface area contributed by atoms with E-state index in [-0.39, 0.29) is 0 Å². The summed E-state index contributed by atoms with van der Waals surface area (Å²) in [5, 5.41) is 4.44. The second kappa shape index (κ2) is 5.48. The summed E-state index contributed by atoms with van der Waals surface area (Å²) < 4.78 is 5.42. The largest absolute Gasteiger partial charge is 0.379 e. The van der Waals surface area contributed by atoms with Crippen LogP contribution in [0.2, 0.25) is 0 Å². The zero-order valence-corrected chi connectivity index (χ0v) is 11.0. The maximum absolute atomic E-state index is 5.42. The predicted octanol–water partition coefficient (Wildman–Crippen LogP) is 1.65. The lowest BCUT2D eigenvalue weighted by atomic mass is 10.2. The van der Waals surface area contributed by atoms with Crippen LogP contribution in [0.25, 0.3) is 0 Å². The molecule has 4 heteroatoms. The molecule has 1 aromatic rings. The molecule has 2 saturated heterocycles. The van der Waals surface area contributed by atoms with E-state index in [0.717, 1.165) is 38.9 Å². The quantitative estimate of drug-likeness (QED) is 0.813. The van der Waals surface area contributed by atoms with E-state index >= 15 is 0 Å². The van der Waals surface area contributed by atoms with Gasteiger partial charge in [-0.25, -0.2) is 0 Å². The summed E-state index contributed by atoms with van der Waals surface area (Å²) in [6, 6.07) is 3.00. The Morgan fingerprint density at radius 2 is 2.18 bits per heavy atom. The SMILES string of the molecule is c1cc(CN2CCC(N3CCOCC3)C2)cs1. The van der Waals surface area contributed by atoms with Crippen LogP contribution in [-0.4, -0.2) is 55.2 Å². The highest BCUT2D eigenvalue weighted by Crippen LogP contribution is 2.19. The fraction of sp³-hybridized carbons (Fsp3) is 0.692. The van der Waals surface area contributed by atoms with Gasteiger partial charge in [0.15, 0.2) is 0 Å². The molecular formula is C13H20N2OS. The monoisotopic (exact) mass is 252 g/mol. The Bertz CT molecular complexity index is 335. The van der Waals surface area contributed by atoms with E-state index in [4.69, 9.17) is 4.74 Å². The van der Waals surface area contributed by atoms with Crippen molar-refractivity contribution in [2.75, 3.05) is 39.4 Å². The molecule has 3 heterocycles. The van der Waals surface area contributed by atoms with Gasteiger partial charge in [0.1, 0.15) is 0 Å². The topological polar surface area (TPSA) is 15.7 Å². The Hall–Kier alpha value is -0.420. The number of hydrogen-bond acceptors (Lipinski definition) is 4. The van der Waals surface area contributed by atoms with Crippen molar-refractivity contribution in [2.45, 2.75) is 19.0 Å². The smallest absolute Gasteiger partial charge is 0.0594 e. The second-order valence-corrected chi connectivity index (χ2v) is 5.74. The van der Waals surface area contributed by atoms with Crippen LogP contribution < -0.4 is 0 Å². The van der Waals surface area contributed by atoms with Crippen LogP contribution in [0.3, 0.4) is 0 Å². The lowest BCUT2D eigenvalue weighted by molar-refractivity contribution is 0.0184. The molecule has 17 heavy (non-hydrogen) atoms. The van der Waals surface area contributed by atoms with E-state index in [9.17, 15) is 0 Å². The third kappa shape index (κ3) is 2.88. The molecule has 1 aromatic heterocycles. The molecule has 2 aliphatic rings. The van der Waals surface area contributed by atoms with E-state index < -0.39 is 0 Å². The first-order valence-corrected chi connectivity index (χ1v) is 7.41. The van der Waals surface area contributed by atoms with E-state index in [2.05, 4.69) is 26.6 Å². The van der Waals surface area contributed by atoms with Crippen LogP contribution >= 0.6 is 11.3 Å². The first-order chi connectivity index (χ1) is 8.42. The molecule has 1 atom stereocenters. The lowest BCUT2D eigenvalue weighted by Gasteiger charge is -2.32. The number of thiophene rings is 1. The Balaban J connectivity index is 1.51. The average molecular weight is 252 g/mol. The molecule has 0 saturated carbocycles. The first kappa shape index (κ1) is 11.7. The van der Waals surface area contributed by atoms with Gasteiger partial charge in [0.25, 0.3) is 0 Å². The Kier molecular flexibility index (Phi) is 3.76. The van der Waals surface area contributed by atoms with Crippen LogP contribution in [0.4, 0.5) is 0 Å². The van der Waals surface area contributed by atoms with Gasteiger partial charge in [-0.15, -0.1) is 0 Å². The van der Waals surface area contributed by atoms with Gasteiger partial charge in [0.05, 0.1) is 13.2 Å². The average Bonchev–Trinajstić information content (AvgIpc) is 3.02. The first-order valence-electron chi connectivity index (χ1n) is 6.47. The zero-order valence-electron chi connectivity index (χ0n) is 10.2. The summed E-state index contributed by atoms with van der Waals surface area (Å²) in [7, 11) is 0. The maximum Gasteiger partial charge on any atom is 0.0594 e. The third-order valence-electron chi connectivity index (χ3n) is 3.80. The molecule has 0 N–H and O–H groups in total. The zero-order chi connectivity index (χ0) is 11.5. The number of ether oxygens (including phenoxy) is 1. The van der Waals surface area contributed by atoms with E-state index in [1.165, 1.54) is 25.1 Å². The van der Waals surface area contributed by atoms with Crippen molar-refractivity contribution in [2.24, 2.45) is 0 Å². The molecule has 0 aliphatic carbocycles. The van der Waals surface area contributed by atoms with Crippen LogP contribution in [0.1, 0.15) is 12.0 Å². The van der Waals surface area contributed by atoms with Crippen LogP contribution in [-0.2, 0) is 11.3 Å². The fourth-order valence-electron chi connectivity index (χ4n) is 2.84. The summed E-state index contributed by atoms with van der Waals surface area (Å²) in [5.41, 5.74) is 1.47. The summed E-state index contributed by atoms with van der Waals surface area (Å²) in [5.74, 6) is 0. The van der Waals surface area contributed by atoms with Gasteiger partial charge < -0.3 is 4.74 Å². The fourth-order valence-corrected chi connectivity index (χ4v) is 3.50. The standard InChI is InChI=1S/C13H20N2OS/c1-3-14(9-12-2-8-17-11-12)10-13(1)15-4-6-16-7-5-15/h2,8,11,13H,1,3-7,9-10H2. The molecular weight excluding hydrogens is 232 g/mol. The summed E-state index contributed by atoms with van der Waals surface area (Å²) in [6.45, 7) is 7.69. The van der Waals surface area contributed by atoms with Crippen LogP contribution in [0.15, 0.2) is 16.8 Å². The van der Waals surface area contributed by atoms with Crippen molar-refractivity contribution in [3.63, 3.8) is 0 Å². The minimum atomic E-state index is 0.762. The van der Waals surface area contributed by atoms with Gasteiger partial charge in [-0.1, -0.05) is 0 Å². The Morgan fingerprint density at radius 3 is 2.94 bits per heavy atom. The van der Waals surface area contributed by atoms with Gasteiger partial charge in [0, 0.05) is 38.8 Å². The van der Waals surface area contributed by atoms with Crippen molar-refractivity contribution < 1.29 is 4.74 Å². The Morgan fingerprint density at radius 1 is 1.29 bits per heavy atom. The van der Waals surface area contributed by atoms with Gasteiger partial charge >= 0.3 is 0 Å². The van der Waals surface area contributed by atoms with Crippen LogP contribution in [0.5, 0.6) is 0 Å². The molecule has 2 aliphatic heterocycles.